The van der Waals surface area contributed by atoms with Gasteiger partial charge in [-0.25, -0.2) is 9.78 Å². The van der Waals surface area contributed by atoms with Crippen LogP contribution in [0.4, 0.5) is 4.79 Å². The van der Waals surface area contributed by atoms with E-state index in [1.165, 1.54) is 34.3 Å². The number of hydrogen-bond donors (Lipinski definition) is 1. The van der Waals surface area contributed by atoms with Gasteiger partial charge in [-0.1, -0.05) is 0 Å². The molecule has 0 atom stereocenters. The number of aromatic nitrogens is 2. The van der Waals surface area contributed by atoms with Gasteiger partial charge < -0.3 is 19.8 Å². The molecule has 1 aliphatic rings. The molecule has 1 fully saturated rings. The van der Waals surface area contributed by atoms with Crippen LogP contribution in [0.3, 0.4) is 0 Å². The minimum Gasteiger partial charge on any atom is -0.504 e. The highest BCUT2D eigenvalue weighted by Crippen LogP contribution is 2.14. The molecule has 0 aliphatic carbocycles. The molecule has 132 valence electrons. The van der Waals surface area contributed by atoms with Crippen molar-refractivity contribution in [1.29, 1.82) is 0 Å². The first-order valence-electron chi connectivity index (χ1n) is 7.85. The van der Waals surface area contributed by atoms with E-state index in [2.05, 4.69) is 4.98 Å². The maximum Gasteiger partial charge on any atom is 0.319 e. The van der Waals surface area contributed by atoms with Crippen molar-refractivity contribution in [3.05, 3.63) is 40.4 Å². The van der Waals surface area contributed by atoms with E-state index >= 15 is 0 Å². The number of fused-ring (bicyclic) bond motifs is 1. The second kappa shape index (κ2) is 6.42. The highest BCUT2D eigenvalue weighted by molar-refractivity contribution is 5.94. The first kappa shape index (κ1) is 16.7. The first-order valence-corrected chi connectivity index (χ1v) is 7.85. The third kappa shape index (κ3) is 3.00. The van der Waals surface area contributed by atoms with E-state index in [4.69, 9.17) is 0 Å². The van der Waals surface area contributed by atoms with Gasteiger partial charge in [-0.2, -0.15) is 0 Å². The quantitative estimate of drug-likeness (QED) is 0.774. The fourth-order valence-corrected chi connectivity index (χ4v) is 2.79. The third-order valence-corrected chi connectivity index (χ3v) is 4.16. The third-order valence-electron chi connectivity index (χ3n) is 4.16. The number of rotatable bonds is 1. The van der Waals surface area contributed by atoms with Gasteiger partial charge in [0.25, 0.3) is 11.5 Å². The van der Waals surface area contributed by atoms with Gasteiger partial charge in [0.2, 0.25) is 0 Å². The summed E-state index contributed by atoms with van der Waals surface area (Å²) in [6, 6.07) is 2.82. The molecule has 0 unspecified atom stereocenters. The number of carbonyl (C=O) groups excluding carboxylic acids is 2. The van der Waals surface area contributed by atoms with Crippen molar-refractivity contribution >= 4 is 17.6 Å². The predicted molar refractivity (Wildman–Crippen MR) is 89.7 cm³/mol. The second-order valence-corrected chi connectivity index (χ2v) is 6.02. The topological polar surface area (TPSA) is 98.5 Å². The minimum absolute atomic E-state index is 0.0597. The van der Waals surface area contributed by atoms with E-state index < -0.39 is 11.5 Å². The van der Waals surface area contributed by atoms with Crippen molar-refractivity contribution in [2.75, 3.05) is 40.3 Å². The van der Waals surface area contributed by atoms with Crippen LogP contribution >= 0.6 is 0 Å². The van der Waals surface area contributed by atoms with Crippen molar-refractivity contribution in [3.8, 4) is 5.75 Å². The van der Waals surface area contributed by atoms with Crippen LogP contribution in [0.5, 0.6) is 5.75 Å². The van der Waals surface area contributed by atoms with E-state index in [0.717, 1.165) is 4.40 Å². The molecule has 3 heterocycles. The summed E-state index contributed by atoms with van der Waals surface area (Å²) in [6.07, 6.45) is 2.64. The summed E-state index contributed by atoms with van der Waals surface area (Å²) in [5.41, 5.74) is -0.487. The predicted octanol–water partition coefficient (Wildman–Crippen LogP) is -0.161. The average molecular weight is 345 g/mol. The molecule has 1 saturated heterocycles. The van der Waals surface area contributed by atoms with Gasteiger partial charge in [-0.15, -0.1) is 0 Å². The van der Waals surface area contributed by atoms with E-state index in [1.807, 2.05) is 0 Å². The molecule has 3 rings (SSSR count). The Morgan fingerprint density at radius 3 is 2.44 bits per heavy atom. The van der Waals surface area contributed by atoms with Crippen molar-refractivity contribution in [3.63, 3.8) is 0 Å². The molecule has 2 aromatic heterocycles. The molecular formula is C16H19N5O4. The van der Waals surface area contributed by atoms with Crippen LogP contribution in [-0.4, -0.2) is 81.4 Å². The first-order chi connectivity index (χ1) is 11.9. The van der Waals surface area contributed by atoms with Crippen molar-refractivity contribution in [2.24, 2.45) is 0 Å². The van der Waals surface area contributed by atoms with Gasteiger partial charge in [-0.3, -0.25) is 14.0 Å². The summed E-state index contributed by atoms with van der Waals surface area (Å²) in [6.45, 7) is 1.51. The summed E-state index contributed by atoms with van der Waals surface area (Å²) in [5, 5.41) is 9.74. The zero-order chi connectivity index (χ0) is 18.1. The van der Waals surface area contributed by atoms with Gasteiger partial charge in [-0.05, 0) is 12.1 Å². The molecule has 0 spiro atoms. The van der Waals surface area contributed by atoms with Crippen LogP contribution in [0.25, 0.3) is 5.65 Å². The van der Waals surface area contributed by atoms with Crippen molar-refractivity contribution < 1.29 is 14.7 Å². The number of urea groups is 1. The van der Waals surface area contributed by atoms with Crippen molar-refractivity contribution in [1.82, 2.24) is 24.1 Å². The highest BCUT2D eigenvalue weighted by atomic mass is 16.3. The number of nitrogens with zero attached hydrogens (tertiary/aromatic N) is 5. The Kier molecular flexibility index (Phi) is 4.30. The number of amides is 3. The Labute approximate surface area is 143 Å². The summed E-state index contributed by atoms with van der Waals surface area (Å²) >= 11 is 0. The van der Waals surface area contributed by atoms with Crippen LogP contribution < -0.4 is 5.56 Å². The number of carbonyl (C=O) groups is 2. The Hall–Kier alpha value is -3.10. The number of hydrogen-bond acceptors (Lipinski definition) is 5. The van der Waals surface area contributed by atoms with Crippen LogP contribution in [0.2, 0.25) is 0 Å². The zero-order valence-corrected chi connectivity index (χ0v) is 14.0. The Balaban J connectivity index is 1.81. The highest BCUT2D eigenvalue weighted by Gasteiger charge is 2.27. The molecule has 0 bridgehead atoms. The second-order valence-electron chi connectivity index (χ2n) is 6.02. The molecule has 3 amide bonds. The van der Waals surface area contributed by atoms with Gasteiger partial charge in [0.15, 0.2) is 11.4 Å². The molecule has 0 aromatic carbocycles. The molecule has 0 radical (unpaired) electrons. The van der Waals surface area contributed by atoms with Gasteiger partial charge in [0.05, 0.1) is 0 Å². The summed E-state index contributed by atoms with van der Waals surface area (Å²) in [5.74, 6) is -0.554. The summed E-state index contributed by atoms with van der Waals surface area (Å²) in [7, 11) is 3.36. The largest absolute Gasteiger partial charge is 0.504 e. The van der Waals surface area contributed by atoms with E-state index in [-0.39, 0.29) is 23.0 Å². The lowest BCUT2D eigenvalue weighted by Gasteiger charge is -2.35. The molecule has 2 aromatic rings. The van der Waals surface area contributed by atoms with E-state index in [1.54, 1.807) is 19.0 Å². The number of aromatic hydroxyl groups is 1. The standard InChI is InChI=1S/C16H19N5O4/c1-18(2)16(25)20-8-6-19(7-9-20)14(23)11-10-17-13-12(22)4-3-5-21(13)15(11)24/h3-5,10,22H,6-9H2,1-2H3. The Morgan fingerprint density at radius 2 is 1.80 bits per heavy atom. The Bertz CT molecular complexity index is 884. The number of pyridine rings is 1. The Morgan fingerprint density at radius 1 is 1.16 bits per heavy atom. The van der Waals surface area contributed by atoms with Gasteiger partial charge in [0, 0.05) is 52.7 Å². The van der Waals surface area contributed by atoms with Crippen molar-refractivity contribution in [2.45, 2.75) is 0 Å². The number of piperazine rings is 1. The van der Waals surface area contributed by atoms with Crippen LogP contribution in [0, 0.1) is 0 Å². The fourth-order valence-electron chi connectivity index (χ4n) is 2.79. The van der Waals surface area contributed by atoms with Gasteiger partial charge >= 0.3 is 6.03 Å². The summed E-state index contributed by atoms with van der Waals surface area (Å²) in [4.78, 5) is 45.8. The molecule has 1 N–H and O–H groups in total. The average Bonchev–Trinajstić information content (AvgIpc) is 2.61. The molecule has 0 saturated carbocycles. The maximum absolute atomic E-state index is 12.7. The lowest BCUT2D eigenvalue weighted by molar-refractivity contribution is 0.0648. The molecule has 9 nitrogen and oxygen atoms in total. The van der Waals surface area contributed by atoms with Crippen LogP contribution in [0.1, 0.15) is 10.4 Å². The maximum atomic E-state index is 12.7. The molecule has 9 heteroatoms. The van der Waals surface area contributed by atoms with E-state index in [0.29, 0.717) is 26.2 Å². The molecular weight excluding hydrogens is 326 g/mol. The summed E-state index contributed by atoms with van der Waals surface area (Å²) < 4.78 is 1.15. The lowest BCUT2D eigenvalue weighted by Crippen LogP contribution is -2.53. The fraction of sp³-hybridized carbons (Fsp3) is 0.375. The van der Waals surface area contributed by atoms with Crippen LogP contribution in [0.15, 0.2) is 29.3 Å². The van der Waals surface area contributed by atoms with Crippen LogP contribution in [-0.2, 0) is 0 Å². The zero-order valence-electron chi connectivity index (χ0n) is 14.0. The smallest absolute Gasteiger partial charge is 0.319 e. The minimum atomic E-state index is -0.530. The van der Waals surface area contributed by atoms with E-state index in [9.17, 15) is 19.5 Å². The SMILES string of the molecule is CN(C)C(=O)N1CCN(C(=O)c2cnc3c(O)cccn3c2=O)CC1. The van der Waals surface area contributed by atoms with Gasteiger partial charge in [0.1, 0.15) is 5.56 Å². The molecule has 1 aliphatic heterocycles. The molecule has 25 heavy (non-hydrogen) atoms. The normalized spacial score (nSPS) is 14.6. The monoisotopic (exact) mass is 345 g/mol. The lowest BCUT2D eigenvalue weighted by atomic mass is 10.2.